The highest BCUT2D eigenvalue weighted by molar-refractivity contribution is 5.93. The van der Waals surface area contributed by atoms with E-state index in [2.05, 4.69) is 15.5 Å². The topological polar surface area (TPSA) is 108 Å². The van der Waals surface area contributed by atoms with Gasteiger partial charge in [0.2, 0.25) is 5.91 Å². The molecule has 0 radical (unpaired) electrons. The Morgan fingerprint density at radius 2 is 1.88 bits per heavy atom. The maximum absolute atomic E-state index is 12.9. The number of benzene rings is 2. The van der Waals surface area contributed by atoms with Gasteiger partial charge in [0, 0.05) is 18.0 Å². The number of hydrogen-bond acceptors (Lipinski definition) is 7. The van der Waals surface area contributed by atoms with Gasteiger partial charge in [0.25, 0.3) is 11.4 Å². The first-order valence-electron chi connectivity index (χ1n) is 9.91. The van der Waals surface area contributed by atoms with Crippen molar-refractivity contribution in [3.05, 3.63) is 70.3 Å². The molecule has 0 atom stereocenters. The minimum absolute atomic E-state index is 0.129. The minimum Gasteiger partial charge on any atom is -0.493 e. The van der Waals surface area contributed by atoms with Crippen LogP contribution in [0.3, 0.4) is 0 Å². The van der Waals surface area contributed by atoms with E-state index in [1.54, 1.807) is 39.3 Å². The van der Waals surface area contributed by atoms with E-state index in [1.165, 1.54) is 10.6 Å². The number of nitrogens with zero attached hydrogens (tertiary/aromatic N) is 3. The summed E-state index contributed by atoms with van der Waals surface area (Å²) in [6.07, 6.45) is 0. The lowest BCUT2D eigenvalue weighted by Crippen LogP contribution is -2.32. The molecule has 0 unspecified atom stereocenters. The number of aromatic nitrogens is 3. The summed E-state index contributed by atoms with van der Waals surface area (Å²) >= 11 is 0. The number of rotatable bonds is 7. The van der Waals surface area contributed by atoms with Gasteiger partial charge in [0.05, 0.1) is 25.3 Å². The zero-order valence-electron chi connectivity index (χ0n) is 17.9. The fourth-order valence-corrected chi connectivity index (χ4v) is 3.47. The number of amides is 1. The number of aryl methyl sites for hydroxylation is 1. The Balaban J connectivity index is 1.57. The van der Waals surface area contributed by atoms with Crippen LogP contribution in [0.4, 0.5) is 0 Å². The Hall–Kier alpha value is -4.14. The Bertz CT molecular complexity index is 1340. The quantitative estimate of drug-likeness (QED) is 0.476. The number of pyridine rings is 1. The van der Waals surface area contributed by atoms with Crippen LogP contribution in [0.2, 0.25) is 0 Å². The summed E-state index contributed by atoms with van der Waals surface area (Å²) in [5.41, 5.74) is 1.64. The molecular formula is C23H22N4O5. The van der Waals surface area contributed by atoms with Crippen LogP contribution in [-0.2, 0) is 17.9 Å². The number of carbonyl (C=O) groups excluding carboxylic acids is 1. The molecule has 164 valence electrons. The van der Waals surface area contributed by atoms with Gasteiger partial charge in [0.1, 0.15) is 6.54 Å². The zero-order chi connectivity index (χ0) is 22.7. The highest BCUT2D eigenvalue weighted by Crippen LogP contribution is 2.28. The Labute approximate surface area is 183 Å². The van der Waals surface area contributed by atoms with Crippen molar-refractivity contribution in [1.29, 1.82) is 0 Å². The van der Waals surface area contributed by atoms with Gasteiger partial charge in [-0.15, -0.1) is 0 Å². The van der Waals surface area contributed by atoms with E-state index < -0.39 is 0 Å². The van der Waals surface area contributed by atoms with E-state index in [9.17, 15) is 9.59 Å². The molecule has 0 aliphatic heterocycles. The third kappa shape index (κ3) is 4.18. The van der Waals surface area contributed by atoms with Crippen molar-refractivity contribution < 1.29 is 18.8 Å². The van der Waals surface area contributed by atoms with Crippen molar-refractivity contribution in [2.75, 3.05) is 14.2 Å². The van der Waals surface area contributed by atoms with Crippen LogP contribution < -0.4 is 20.3 Å². The molecule has 0 spiro atoms. The smallest absolute Gasteiger partial charge is 0.258 e. The van der Waals surface area contributed by atoms with Gasteiger partial charge in [-0.2, -0.15) is 4.98 Å². The molecule has 0 bridgehead atoms. The second kappa shape index (κ2) is 8.93. The van der Waals surface area contributed by atoms with Crippen LogP contribution in [0, 0.1) is 6.92 Å². The number of ether oxygens (including phenoxy) is 2. The van der Waals surface area contributed by atoms with Crippen molar-refractivity contribution >= 4 is 16.8 Å². The van der Waals surface area contributed by atoms with Gasteiger partial charge in [-0.1, -0.05) is 29.4 Å². The summed E-state index contributed by atoms with van der Waals surface area (Å²) in [6, 6.07) is 14.1. The van der Waals surface area contributed by atoms with Crippen LogP contribution in [0.15, 0.2) is 57.8 Å². The van der Waals surface area contributed by atoms with Gasteiger partial charge >= 0.3 is 0 Å². The van der Waals surface area contributed by atoms with Crippen LogP contribution in [0.5, 0.6) is 11.5 Å². The lowest BCUT2D eigenvalue weighted by Gasteiger charge is -2.13. The van der Waals surface area contributed by atoms with Gasteiger partial charge in [-0.3, -0.25) is 14.2 Å². The molecule has 2 aromatic carbocycles. The summed E-state index contributed by atoms with van der Waals surface area (Å²) in [7, 11) is 3.11. The van der Waals surface area contributed by atoms with Crippen LogP contribution >= 0.6 is 0 Å². The van der Waals surface area contributed by atoms with Crippen molar-refractivity contribution in [3.8, 4) is 23.0 Å². The molecule has 0 aliphatic rings. The zero-order valence-corrected chi connectivity index (χ0v) is 17.9. The molecule has 1 N–H and O–H groups in total. The fourth-order valence-electron chi connectivity index (χ4n) is 3.47. The maximum atomic E-state index is 12.9. The number of methoxy groups -OCH3 is 2. The maximum Gasteiger partial charge on any atom is 0.258 e. The molecule has 0 fully saturated rings. The van der Waals surface area contributed by atoms with Crippen molar-refractivity contribution in [1.82, 2.24) is 20.0 Å². The molecule has 9 heteroatoms. The molecule has 32 heavy (non-hydrogen) atoms. The molecular weight excluding hydrogens is 412 g/mol. The van der Waals surface area contributed by atoms with E-state index in [0.717, 1.165) is 10.9 Å². The number of fused-ring (bicyclic) bond motifs is 1. The highest BCUT2D eigenvalue weighted by atomic mass is 16.5. The van der Waals surface area contributed by atoms with Crippen LogP contribution in [-0.4, -0.2) is 34.8 Å². The van der Waals surface area contributed by atoms with Crippen molar-refractivity contribution in [2.45, 2.75) is 20.0 Å². The second-order valence-electron chi connectivity index (χ2n) is 7.11. The Morgan fingerprint density at radius 3 is 2.59 bits per heavy atom. The molecule has 0 saturated carbocycles. The molecule has 0 saturated heterocycles. The molecule has 2 aromatic heterocycles. The third-order valence-corrected chi connectivity index (χ3v) is 5.02. The van der Waals surface area contributed by atoms with E-state index in [-0.39, 0.29) is 30.4 Å². The average molecular weight is 434 g/mol. The first-order valence-corrected chi connectivity index (χ1v) is 9.91. The van der Waals surface area contributed by atoms with Crippen molar-refractivity contribution in [2.24, 2.45) is 0 Å². The lowest BCUT2D eigenvalue weighted by molar-refractivity contribution is -0.121. The predicted molar refractivity (Wildman–Crippen MR) is 118 cm³/mol. The summed E-state index contributed by atoms with van der Waals surface area (Å²) in [5, 5.41) is 7.38. The Kier molecular flexibility index (Phi) is 5.89. The van der Waals surface area contributed by atoms with E-state index in [4.69, 9.17) is 14.0 Å². The normalized spacial score (nSPS) is 10.8. The number of carbonyl (C=O) groups is 1. The molecule has 4 rings (SSSR count). The first-order chi connectivity index (χ1) is 15.5. The Morgan fingerprint density at radius 1 is 1.09 bits per heavy atom. The molecule has 0 aliphatic carbocycles. The van der Waals surface area contributed by atoms with Crippen LogP contribution in [0.1, 0.15) is 11.4 Å². The minimum atomic E-state index is -0.337. The summed E-state index contributed by atoms with van der Waals surface area (Å²) in [5.74, 6) is 1.63. The summed E-state index contributed by atoms with van der Waals surface area (Å²) in [6.45, 7) is 1.86. The SMILES string of the molecule is COc1ccc(CNC(=O)Cn2c(=O)cc(-c3nc(C)no3)c3ccccc32)cc1OC. The number of hydrogen-bond donors (Lipinski definition) is 1. The molecule has 1 amide bonds. The summed E-state index contributed by atoms with van der Waals surface area (Å²) in [4.78, 5) is 29.7. The third-order valence-electron chi connectivity index (χ3n) is 5.02. The van der Waals surface area contributed by atoms with Gasteiger partial charge < -0.3 is 19.3 Å². The molecule has 2 heterocycles. The largest absolute Gasteiger partial charge is 0.493 e. The van der Waals surface area contributed by atoms with Gasteiger partial charge in [-0.05, 0) is 30.7 Å². The van der Waals surface area contributed by atoms with Gasteiger partial charge in [0.15, 0.2) is 17.3 Å². The highest BCUT2D eigenvalue weighted by Gasteiger charge is 2.16. The number of para-hydroxylation sites is 1. The standard InChI is InChI=1S/C23H22N4O5/c1-14-25-23(32-26-14)17-11-22(29)27(18-7-5-4-6-16(17)18)13-21(28)24-12-15-8-9-19(30-2)20(10-15)31-3/h4-11H,12-13H2,1-3H3,(H,24,28). The second-order valence-corrected chi connectivity index (χ2v) is 7.11. The lowest BCUT2D eigenvalue weighted by atomic mass is 10.1. The average Bonchev–Trinajstić information content (AvgIpc) is 3.25. The first kappa shape index (κ1) is 21.1. The van der Waals surface area contributed by atoms with E-state index >= 15 is 0 Å². The number of nitrogens with one attached hydrogen (secondary N) is 1. The molecule has 4 aromatic rings. The van der Waals surface area contributed by atoms with Crippen molar-refractivity contribution in [3.63, 3.8) is 0 Å². The van der Waals surface area contributed by atoms with Gasteiger partial charge in [-0.25, -0.2) is 0 Å². The predicted octanol–water partition coefficient (Wildman–Crippen LogP) is 2.69. The monoisotopic (exact) mass is 434 g/mol. The summed E-state index contributed by atoms with van der Waals surface area (Å²) < 4.78 is 17.2. The fraction of sp³-hybridized carbons (Fsp3) is 0.217. The van der Waals surface area contributed by atoms with Crippen LogP contribution in [0.25, 0.3) is 22.4 Å². The molecule has 9 nitrogen and oxygen atoms in total. The van der Waals surface area contributed by atoms with E-state index in [0.29, 0.717) is 28.4 Å². The van der Waals surface area contributed by atoms with E-state index in [1.807, 2.05) is 24.3 Å².